The van der Waals surface area contributed by atoms with Crippen molar-refractivity contribution in [2.75, 3.05) is 0 Å². The molecular weight excluding hydrogens is 178 g/mol. The zero-order valence-corrected chi connectivity index (χ0v) is 9.32. The summed E-state index contributed by atoms with van der Waals surface area (Å²) in [6, 6.07) is -0.130. The summed E-state index contributed by atoms with van der Waals surface area (Å²) in [7, 11) is 0. The SMILES string of the molecule is CC(C)CC(N)c1nc(C(C)C)no1. The summed E-state index contributed by atoms with van der Waals surface area (Å²) >= 11 is 0. The smallest absolute Gasteiger partial charge is 0.243 e. The molecule has 1 aromatic rings. The minimum absolute atomic E-state index is 0.130. The van der Waals surface area contributed by atoms with Crippen molar-refractivity contribution in [2.24, 2.45) is 11.7 Å². The lowest BCUT2D eigenvalue weighted by molar-refractivity contribution is 0.331. The van der Waals surface area contributed by atoms with E-state index in [1.165, 1.54) is 0 Å². The van der Waals surface area contributed by atoms with Gasteiger partial charge in [0.05, 0.1) is 6.04 Å². The fourth-order valence-corrected chi connectivity index (χ4v) is 1.24. The van der Waals surface area contributed by atoms with Crippen molar-refractivity contribution in [3.63, 3.8) is 0 Å². The van der Waals surface area contributed by atoms with E-state index < -0.39 is 0 Å². The van der Waals surface area contributed by atoms with Crippen LogP contribution in [0.25, 0.3) is 0 Å². The molecule has 0 bridgehead atoms. The zero-order valence-electron chi connectivity index (χ0n) is 9.32. The lowest BCUT2D eigenvalue weighted by Gasteiger charge is -2.08. The van der Waals surface area contributed by atoms with Crippen LogP contribution in [0, 0.1) is 5.92 Å². The molecule has 14 heavy (non-hydrogen) atoms. The highest BCUT2D eigenvalue weighted by atomic mass is 16.5. The summed E-state index contributed by atoms with van der Waals surface area (Å²) in [4.78, 5) is 4.26. The highest BCUT2D eigenvalue weighted by Gasteiger charge is 2.16. The zero-order chi connectivity index (χ0) is 10.7. The number of hydrogen-bond acceptors (Lipinski definition) is 4. The van der Waals surface area contributed by atoms with Crippen molar-refractivity contribution in [2.45, 2.75) is 46.1 Å². The summed E-state index contributed by atoms with van der Waals surface area (Å²) in [5.41, 5.74) is 5.91. The van der Waals surface area contributed by atoms with Gasteiger partial charge in [0.1, 0.15) is 0 Å². The van der Waals surface area contributed by atoms with E-state index in [1.807, 2.05) is 13.8 Å². The molecule has 80 valence electrons. The molecule has 0 fully saturated rings. The van der Waals surface area contributed by atoms with Gasteiger partial charge in [-0.2, -0.15) is 4.98 Å². The Balaban J connectivity index is 2.66. The lowest BCUT2D eigenvalue weighted by atomic mass is 10.0. The Morgan fingerprint density at radius 2 is 1.93 bits per heavy atom. The molecule has 0 spiro atoms. The van der Waals surface area contributed by atoms with Crippen molar-refractivity contribution in [1.82, 2.24) is 10.1 Å². The van der Waals surface area contributed by atoms with Gasteiger partial charge in [-0.3, -0.25) is 0 Å². The average molecular weight is 197 g/mol. The molecule has 0 aliphatic carbocycles. The summed E-state index contributed by atoms with van der Waals surface area (Å²) in [5, 5.41) is 3.88. The van der Waals surface area contributed by atoms with Crippen LogP contribution in [0.5, 0.6) is 0 Å². The van der Waals surface area contributed by atoms with Gasteiger partial charge in [0, 0.05) is 5.92 Å². The van der Waals surface area contributed by atoms with Gasteiger partial charge in [0.15, 0.2) is 5.82 Å². The Morgan fingerprint density at radius 1 is 1.29 bits per heavy atom. The first-order valence-corrected chi connectivity index (χ1v) is 5.09. The monoisotopic (exact) mass is 197 g/mol. The van der Waals surface area contributed by atoms with E-state index in [0.29, 0.717) is 17.7 Å². The summed E-state index contributed by atoms with van der Waals surface area (Å²) in [5.74, 6) is 2.12. The van der Waals surface area contributed by atoms with Gasteiger partial charge in [-0.15, -0.1) is 0 Å². The quantitative estimate of drug-likeness (QED) is 0.803. The topological polar surface area (TPSA) is 64.9 Å². The second-order valence-electron chi connectivity index (χ2n) is 4.38. The summed E-state index contributed by atoms with van der Waals surface area (Å²) in [6.45, 7) is 8.31. The minimum Gasteiger partial charge on any atom is -0.338 e. The maximum absolute atomic E-state index is 5.91. The van der Waals surface area contributed by atoms with Gasteiger partial charge in [-0.1, -0.05) is 32.9 Å². The Kier molecular flexibility index (Phi) is 3.63. The predicted octanol–water partition coefficient (Wildman–Crippen LogP) is 2.24. The first-order chi connectivity index (χ1) is 6.50. The Labute approximate surface area is 84.9 Å². The van der Waals surface area contributed by atoms with Crippen LogP contribution in [0.15, 0.2) is 4.52 Å². The molecule has 0 radical (unpaired) electrons. The number of nitrogens with two attached hydrogens (primary N) is 1. The number of rotatable bonds is 4. The van der Waals surface area contributed by atoms with E-state index in [2.05, 4.69) is 24.0 Å². The maximum atomic E-state index is 5.91. The molecule has 0 saturated heterocycles. The highest BCUT2D eigenvalue weighted by Crippen LogP contribution is 2.18. The third-order valence-corrected chi connectivity index (χ3v) is 2.02. The van der Waals surface area contributed by atoms with E-state index in [4.69, 9.17) is 10.3 Å². The third kappa shape index (κ3) is 2.80. The Hall–Kier alpha value is -0.900. The lowest BCUT2D eigenvalue weighted by Crippen LogP contribution is -2.13. The first kappa shape index (κ1) is 11.2. The molecule has 2 N–H and O–H groups in total. The van der Waals surface area contributed by atoms with E-state index in [0.717, 1.165) is 12.2 Å². The molecule has 1 heterocycles. The molecule has 1 rings (SSSR count). The van der Waals surface area contributed by atoms with E-state index >= 15 is 0 Å². The van der Waals surface area contributed by atoms with Gasteiger partial charge in [0.25, 0.3) is 0 Å². The van der Waals surface area contributed by atoms with Crippen LogP contribution in [0.1, 0.15) is 57.8 Å². The number of hydrogen-bond donors (Lipinski definition) is 1. The maximum Gasteiger partial charge on any atom is 0.243 e. The van der Waals surface area contributed by atoms with Crippen LogP contribution in [-0.4, -0.2) is 10.1 Å². The van der Waals surface area contributed by atoms with Crippen molar-refractivity contribution in [1.29, 1.82) is 0 Å². The standard InChI is InChI=1S/C10H19N3O/c1-6(2)5-8(11)10-12-9(7(3)4)13-14-10/h6-8H,5,11H2,1-4H3. The Bertz CT molecular complexity index is 281. The predicted molar refractivity (Wildman–Crippen MR) is 54.8 cm³/mol. The van der Waals surface area contributed by atoms with Crippen LogP contribution in [-0.2, 0) is 0 Å². The van der Waals surface area contributed by atoms with Crippen molar-refractivity contribution in [3.8, 4) is 0 Å². The van der Waals surface area contributed by atoms with Crippen molar-refractivity contribution in [3.05, 3.63) is 11.7 Å². The van der Waals surface area contributed by atoms with Gasteiger partial charge in [-0.25, -0.2) is 0 Å². The molecule has 4 heteroatoms. The molecule has 0 saturated carbocycles. The summed E-state index contributed by atoms with van der Waals surface area (Å²) in [6.07, 6.45) is 0.875. The second-order valence-corrected chi connectivity index (χ2v) is 4.38. The highest BCUT2D eigenvalue weighted by molar-refractivity contribution is 4.95. The van der Waals surface area contributed by atoms with Crippen molar-refractivity contribution < 1.29 is 4.52 Å². The molecule has 1 unspecified atom stereocenters. The van der Waals surface area contributed by atoms with Crippen molar-refractivity contribution >= 4 is 0 Å². The molecule has 0 aromatic carbocycles. The molecule has 1 aromatic heterocycles. The molecular formula is C10H19N3O. The summed E-state index contributed by atoms with van der Waals surface area (Å²) < 4.78 is 5.10. The van der Waals surface area contributed by atoms with Gasteiger partial charge in [0.2, 0.25) is 5.89 Å². The van der Waals surface area contributed by atoms with E-state index in [1.54, 1.807) is 0 Å². The first-order valence-electron chi connectivity index (χ1n) is 5.09. The normalized spacial score (nSPS) is 13.9. The van der Waals surface area contributed by atoms with E-state index in [9.17, 15) is 0 Å². The molecule has 0 amide bonds. The number of aromatic nitrogens is 2. The van der Waals surface area contributed by atoms with Crippen LogP contribution in [0.4, 0.5) is 0 Å². The van der Waals surface area contributed by atoms with Gasteiger partial charge < -0.3 is 10.3 Å². The van der Waals surface area contributed by atoms with Crippen LogP contribution in [0.2, 0.25) is 0 Å². The second kappa shape index (κ2) is 4.55. The molecule has 0 aliphatic heterocycles. The largest absolute Gasteiger partial charge is 0.338 e. The fourth-order valence-electron chi connectivity index (χ4n) is 1.24. The van der Waals surface area contributed by atoms with Crippen LogP contribution >= 0.6 is 0 Å². The number of nitrogens with zero attached hydrogens (tertiary/aromatic N) is 2. The van der Waals surface area contributed by atoms with Gasteiger partial charge >= 0.3 is 0 Å². The van der Waals surface area contributed by atoms with Gasteiger partial charge in [-0.05, 0) is 12.3 Å². The van der Waals surface area contributed by atoms with E-state index in [-0.39, 0.29) is 6.04 Å². The molecule has 4 nitrogen and oxygen atoms in total. The molecule has 1 atom stereocenters. The third-order valence-electron chi connectivity index (χ3n) is 2.02. The fraction of sp³-hybridized carbons (Fsp3) is 0.800. The van der Waals surface area contributed by atoms with Crippen LogP contribution in [0.3, 0.4) is 0 Å². The van der Waals surface area contributed by atoms with Crippen LogP contribution < -0.4 is 5.73 Å². The minimum atomic E-state index is -0.130. The average Bonchev–Trinajstić information content (AvgIpc) is 2.50. The molecule has 0 aliphatic rings. The Morgan fingerprint density at radius 3 is 2.36 bits per heavy atom.